The fourth-order valence-corrected chi connectivity index (χ4v) is 1.34. The van der Waals surface area contributed by atoms with E-state index in [0.717, 1.165) is 0 Å². The third kappa shape index (κ3) is 3.97. The van der Waals surface area contributed by atoms with E-state index < -0.39 is 11.9 Å². The summed E-state index contributed by atoms with van der Waals surface area (Å²) in [4.78, 5) is 22.8. The molecule has 1 rings (SSSR count). The molecule has 0 atom stereocenters. The summed E-state index contributed by atoms with van der Waals surface area (Å²) < 4.78 is 9.69. The van der Waals surface area contributed by atoms with Gasteiger partial charge < -0.3 is 20.5 Å². The molecule has 1 amide bonds. The molecular formula is C12H16N2O4. The van der Waals surface area contributed by atoms with Gasteiger partial charge in [-0.3, -0.25) is 9.59 Å². The Morgan fingerprint density at radius 1 is 1.33 bits per heavy atom. The second kappa shape index (κ2) is 6.48. The molecular weight excluding hydrogens is 236 g/mol. The van der Waals surface area contributed by atoms with E-state index in [9.17, 15) is 9.59 Å². The molecule has 0 heterocycles. The van der Waals surface area contributed by atoms with Crippen LogP contribution in [0.2, 0.25) is 0 Å². The van der Waals surface area contributed by atoms with Crippen LogP contribution in [0.1, 0.15) is 17.3 Å². The molecule has 98 valence electrons. The number of nitrogens with one attached hydrogen (secondary N) is 1. The molecule has 0 spiro atoms. The van der Waals surface area contributed by atoms with Crippen molar-refractivity contribution in [2.24, 2.45) is 0 Å². The molecule has 18 heavy (non-hydrogen) atoms. The number of hydrogen-bond acceptors (Lipinski definition) is 5. The minimum absolute atomic E-state index is 0.177. The normalized spacial score (nSPS) is 9.67. The number of nitrogen functional groups attached to an aromatic ring is 1. The van der Waals surface area contributed by atoms with Crippen LogP contribution in [-0.4, -0.2) is 32.1 Å². The Hall–Kier alpha value is -2.24. The summed E-state index contributed by atoms with van der Waals surface area (Å²) in [5, 5.41) is 2.44. The van der Waals surface area contributed by atoms with Gasteiger partial charge >= 0.3 is 5.97 Å². The highest BCUT2D eigenvalue weighted by atomic mass is 16.5. The quantitative estimate of drug-likeness (QED) is 0.590. The molecule has 6 nitrogen and oxygen atoms in total. The maximum atomic E-state index is 11.7. The summed E-state index contributed by atoms with van der Waals surface area (Å²) in [7, 11) is 1.48. The number of carbonyl (C=O) groups excluding carboxylic acids is 2. The summed E-state index contributed by atoms with van der Waals surface area (Å²) in [6.45, 7) is 1.80. The second-order valence-electron chi connectivity index (χ2n) is 3.48. The lowest BCUT2D eigenvalue weighted by atomic mass is 10.2. The van der Waals surface area contributed by atoms with Crippen molar-refractivity contribution in [3.05, 3.63) is 23.8 Å². The van der Waals surface area contributed by atoms with Gasteiger partial charge in [-0.2, -0.15) is 0 Å². The van der Waals surface area contributed by atoms with Crippen LogP contribution in [0.25, 0.3) is 0 Å². The van der Waals surface area contributed by atoms with Crippen LogP contribution in [0, 0.1) is 0 Å². The van der Waals surface area contributed by atoms with Gasteiger partial charge in [0.2, 0.25) is 0 Å². The van der Waals surface area contributed by atoms with Gasteiger partial charge in [0.1, 0.15) is 12.3 Å². The van der Waals surface area contributed by atoms with Crippen LogP contribution in [-0.2, 0) is 9.53 Å². The van der Waals surface area contributed by atoms with E-state index in [0.29, 0.717) is 17.0 Å². The smallest absolute Gasteiger partial charge is 0.325 e. The van der Waals surface area contributed by atoms with Crippen LogP contribution < -0.4 is 15.8 Å². The molecule has 0 saturated heterocycles. The first-order chi connectivity index (χ1) is 8.56. The van der Waals surface area contributed by atoms with Crippen molar-refractivity contribution in [2.45, 2.75) is 6.92 Å². The van der Waals surface area contributed by atoms with Crippen molar-refractivity contribution >= 4 is 17.6 Å². The number of ether oxygens (including phenoxy) is 2. The molecule has 0 unspecified atom stereocenters. The average Bonchev–Trinajstić information content (AvgIpc) is 2.35. The maximum Gasteiger partial charge on any atom is 0.325 e. The third-order valence-electron chi connectivity index (χ3n) is 2.13. The van der Waals surface area contributed by atoms with Crippen LogP contribution in [0.4, 0.5) is 5.69 Å². The highest BCUT2D eigenvalue weighted by molar-refractivity contribution is 5.97. The van der Waals surface area contributed by atoms with Crippen molar-refractivity contribution in [3.8, 4) is 5.75 Å². The first kappa shape index (κ1) is 13.8. The van der Waals surface area contributed by atoms with Gasteiger partial charge in [0.15, 0.2) is 0 Å². The monoisotopic (exact) mass is 252 g/mol. The lowest BCUT2D eigenvalue weighted by Crippen LogP contribution is -2.30. The number of methoxy groups -OCH3 is 1. The zero-order valence-corrected chi connectivity index (χ0v) is 10.4. The number of anilines is 1. The van der Waals surface area contributed by atoms with Gasteiger partial charge in [-0.15, -0.1) is 0 Å². The van der Waals surface area contributed by atoms with Crippen LogP contribution in [0.3, 0.4) is 0 Å². The van der Waals surface area contributed by atoms with Gasteiger partial charge in [-0.05, 0) is 19.1 Å². The Kier molecular flexibility index (Phi) is 4.98. The minimum Gasteiger partial charge on any atom is -0.497 e. The van der Waals surface area contributed by atoms with E-state index in [-0.39, 0.29) is 13.2 Å². The highest BCUT2D eigenvalue weighted by Gasteiger charge is 2.10. The minimum atomic E-state index is -0.485. The first-order valence-electron chi connectivity index (χ1n) is 5.45. The molecule has 1 aromatic rings. The van der Waals surface area contributed by atoms with Gasteiger partial charge in [0, 0.05) is 17.3 Å². The van der Waals surface area contributed by atoms with Gasteiger partial charge in [0.05, 0.1) is 13.7 Å². The molecule has 0 aromatic heterocycles. The fourth-order valence-electron chi connectivity index (χ4n) is 1.34. The predicted octanol–water partition coefficient (Wildman–Crippen LogP) is 0.570. The second-order valence-corrected chi connectivity index (χ2v) is 3.48. The number of benzene rings is 1. The summed E-state index contributed by atoms with van der Waals surface area (Å²) >= 11 is 0. The van der Waals surface area contributed by atoms with E-state index in [1.54, 1.807) is 13.0 Å². The van der Waals surface area contributed by atoms with Gasteiger partial charge in [-0.1, -0.05) is 0 Å². The van der Waals surface area contributed by atoms with E-state index in [4.69, 9.17) is 15.2 Å². The van der Waals surface area contributed by atoms with Crippen molar-refractivity contribution in [2.75, 3.05) is 26.0 Å². The standard InChI is InChI=1S/C12H16N2O4/c1-3-18-11(15)7-14-12(16)8-4-9(13)6-10(5-8)17-2/h4-6H,3,7,13H2,1-2H3,(H,14,16). The fraction of sp³-hybridized carbons (Fsp3) is 0.333. The Balaban J connectivity index is 2.66. The number of amides is 1. The molecule has 3 N–H and O–H groups in total. The van der Waals surface area contributed by atoms with Gasteiger partial charge in [0.25, 0.3) is 5.91 Å². The molecule has 0 fully saturated rings. The molecule has 6 heteroatoms. The average molecular weight is 252 g/mol. The lowest BCUT2D eigenvalue weighted by Gasteiger charge is -2.07. The number of nitrogens with two attached hydrogens (primary N) is 1. The Morgan fingerprint density at radius 3 is 2.67 bits per heavy atom. The molecule has 0 radical (unpaired) electrons. The molecule has 0 aliphatic rings. The third-order valence-corrected chi connectivity index (χ3v) is 2.13. The topological polar surface area (TPSA) is 90.7 Å². The van der Waals surface area contributed by atoms with E-state index in [2.05, 4.69) is 5.32 Å². The summed E-state index contributed by atoms with van der Waals surface area (Å²) in [6.07, 6.45) is 0. The number of rotatable bonds is 5. The van der Waals surface area contributed by atoms with Crippen LogP contribution in [0.15, 0.2) is 18.2 Å². The number of hydrogen-bond donors (Lipinski definition) is 2. The molecule has 0 bridgehead atoms. The van der Waals surface area contributed by atoms with Crippen LogP contribution >= 0.6 is 0 Å². The maximum absolute atomic E-state index is 11.7. The Bertz CT molecular complexity index is 446. The summed E-state index contributed by atoms with van der Waals surface area (Å²) in [5.41, 5.74) is 6.37. The summed E-state index contributed by atoms with van der Waals surface area (Å²) in [5.74, 6) is -0.411. The zero-order chi connectivity index (χ0) is 13.5. The van der Waals surface area contributed by atoms with E-state index in [1.165, 1.54) is 19.2 Å². The van der Waals surface area contributed by atoms with Crippen LogP contribution in [0.5, 0.6) is 5.75 Å². The summed E-state index contributed by atoms with van der Waals surface area (Å²) in [6, 6.07) is 4.64. The molecule has 0 aliphatic carbocycles. The predicted molar refractivity (Wildman–Crippen MR) is 66.4 cm³/mol. The van der Waals surface area contributed by atoms with Crippen molar-refractivity contribution < 1.29 is 19.1 Å². The SMILES string of the molecule is CCOC(=O)CNC(=O)c1cc(N)cc(OC)c1. The Labute approximate surface area is 105 Å². The van der Waals surface area contributed by atoms with Crippen molar-refractivity contribution in [1.82, 2.24) is 5.32 Å². The van der Waals surface area contributed by atoms with Gasteiger partial charge in [-0.25, -0.2) is 0 Å². The van der Waals surface area contributed by atoms with Crippen molar-refractivity contribution in [3.63, 3.8) is 0 Å². The molecule has 0 aliphatic heterocycles. The van der Waals surface area contributed by atoms with Crippen molar-refractivity contribution in [1.29, 1.82) is 0 Å². The Morgan fingerprint density at radius 2 is 2.06 bits per heavy atom. The highest BCUT2D eigenvalue weighted by Crippen LogP contribution is 2.18. The zero-order valence-electron chi connectivity index (χ0n) is 10.4. The lowest BCUT2D eigenvalue weighted by molar-refractivity contribution is -0.141. The van der Waals surface area contributed by atoms with E-state index in [1.807, 2.05) is 0 Å². The van der Waals surface area contributed by atoms with E-state index >= 15 is 0 Å². The largest absolute Gasteiger partial charge is 0.497 e. The molecule has 1 aromatic carbocycles. The number of carbonyl (C=O) groups is 2. The molecule has 0 saturated carbocycles. The first-order valence-corrected chi connectivity index (χ1v) is 5.45. The number of esters is 1.